The molecule has 3 heterocycles. The number of thiophene rings is 1. The highest BCUT2D eigenvalue weighted by atomic mass is 32.1. The number of carboxylic acids is 1. The predicted molar refractivity (Wildman–Crippen MR) is 94.4 cm³/mol. The maximum Gasteiger partial charge on any atom is 0.310 e. The summed E-state index contributed by atoms with van der Waals surface area (Å²) < 4.78 is 6.57. The Morgan fingerprint density at radius 1 is 1.48 bits per heavy atom. The van der Waals surface area contributed by atoms with Gasteiger partial charge < -0.3 is 15.1 Å². The first-order valence-corrected chi connectivity index (χ1v) is 8.53. The van der Waals surface area contributed by atoms with E-state index in [2.05, 4.69) is 10.6 Å². The molecule has 1 atom stereocenters. The van der Waals surface area contributed by atoms with Crippen molar-refractivity contribution < 1.29 is 14.4 Å². The average molecular weight is 359 g/mol. The highest BCUT2D eigenvalue weighted by molar-refractivity contribution is 7.13. The van der Waals surface area contributed by atoms with Crippen LogP contribution in [0.25, 0.3) is 10.6 Å². The number of hydrogen-bond acceptors (Lipinski definition) is 6. The molecular weight excluding hydrogens is 342 g/mol. The molecule has 0 aliphatic carbocycles. The summed E-state index contributed by atoms with van der Waals surface area (Å²) in [7, 11) is 0. The van der Waals surface area contributed by atoms with Gasteiger partial charge in [-0.3, -0.25) is 9.59 Å². The fourth-order valence-electron chi connectivity index (χ4n) is 2.51. The first-order valence-electron chi connectivity index (χ1n) is 7.65. The summed E-state index contributed by atoms with van der Waals surface area (Å²) in [4.78, 5) is 24.7. The first kappa shape index (κ1) is 17.0. The third-order valence-corrected chi connectivity index (χ3v) is 4.79. The van der Waals surface area contributed by atoms with E-state index >= 15 is 0 Å². The molecule has 0 spiro atoms. The van der Waals surface area contributed by atoms with Crippen LogP contribution >= 0.6 is 11.3 Å². The van der Waals surface area contributed by atoms with Gasteiger partial charge in [0.05, 0.1) is 17.3 Å². The number of nitrogens with zero attached hydrogens (tertiary/aromatic N) is 2. The Bertz CT molecular complexity index is 943. The molecule has 8 heteroatoms. The van der Waals surface area contributed by atoms with E-state index in [4.69, 9.17) is 4.52 Å². The molecule has 3 aromatic rings. The lowest BCUT2D eigenvalue weighted by molar-refractivity contribution is -0.138. The lowest BCUT2D eigenvalue weighted by Crippen LogP contribution is -2.33. The molecular formula is C17H17N3O4S. The average Bonchev–Trinajstić information content (AvgIpc) is 3.25. The van der Waals surface area contributed by atoms with Gasteiger partial charge in [0.1, 0.15) is 5.69 Å². The lowest BCUT2D eigenvalue weighted by atomic mass is 9.99. The lowest BCUT2D eigenvalue weighted by Gasteiger charge is -2.14. The Balaban J connectivity index is 1.79. The number of aromatic nitrogens is 2. The number of pyridine rings is 1. The van der Waals surface area contributed by atoms with E-state index < -0.39 is 11.9 Å². The van der Waals surface area contributed by atoms with Crippen LogP contribution in [0.3, 0.4) is 0 Å². The van der Waals surface area contributed by atoms with E-state index in [0.717, 1.165) is 4.88 Å². The highest BCUT2D eigenvalue weighted by Crippen LogP contribution is 2.25. The molecule has 3 rings (SSSR count). The van der Waals surface area contributed by atoms with Crippen LogP contribution in [0.15, 0.2) is 45.2 Å². The highest BCUT2D eigenvalue weighted by Gasteiger charge is 2.20. The smallest absolute Gasteiger partial charge is 0.310 e. The zero-order valence-electron chi connectivity index (χ0n) is 13.7. The Labute approximate surface area is 147 Å². The van der Waals surface area contributed by atoms with Gasteiger partial charge in [-0.25, -0.2) is 4.68 Å². The third kappa shape index (κ3) is 3.48. The van der Waals surface area contributed by atoms with Crippen LogP contribution in [0.5, 0.6) is 0 Å². The zero-order valence-corrected chi connectivity index (χ0v) is 14.5. The van der Waals surface area contributed by atoms with Crippen LogP contribution in [0.1, 0.15) is 29.7 Å². The summed E-state index contributed by atoms with van der Waals surface area (Å²) in [6.45, 7) is 3.51. The molecule has 0 saturated carbocycles. The fraction of sp³-hybridized carbons (Fsp3) is 0.235. The summed E-state index contributed by atoms with van der Waals surface area (Å²) >= 11 is 1.55. The van der Waals surface area contributed by atoms with E-state index in [1.54, 1.807) is 36.6 Å². The second kappa shape index (κ2) is 6.94. The van der Waals surface area contributed by atoms with Crippen LogP contribution in [0, 0.1) is 6.92 Å². The van der Waals surface area contributed by atoms with E-state index in [-0.39, 0.29) is 17.7 Å². The van der Waals surface area contributed by atoms with Gasteiger partial charge in [0.2, 0.25) is 0 Å². The molecule has 0 aromatic carbocycles. The summed E-state index contributed by atoms with van der Waals surface area (Å²) in [5, 5.41) is 15.1. The number of rotatable bonds is 6. The molecule has 130 valence electrons. The number of carboxylic acid groups (broad SMARTS) is 1. The van der Waals surface area contributed by atoms with Gasteiger partial charge in [0, 0.05) is 17.8 Å². The number of hydrogen-bond donors (Lipinski definition) is 2. The normalized spacial score (nSPS) is 12.1. The Hall–Kier alpha value is -2.87. The number of aliphatic carboxylic acids is 1. The molecule has 0 radical (unpaired) electrons. The topological polar surface area (TPSA) is 97.4 Å². The molecule has 0 fully saturated rings. The largest absolute Gasteiger partial charge is 0.481 e. The number of aryl methyl sites for hydroxylation is 1. The van der Waals surface area contributed by atoms with Crippen molar-refractivity contribution in [3.8, 4) is 10.6 Å². The summed E-state index contributed by atoms with van der Waals surface area (Å²) in [6.07, 6.45) is 1.58. The molecule has 1 unspecified atom stereocenters. The van der Waals surface area contributed by atoms with Gasteiger partial charge in [-0.15, -0.1) is 11.3 Å². The van der Waals surface area contributed by atoms with Crippen molar-refractivity contribution in [2.75, 3.05) is 5.43 Å². The van der Waals surface area contributed by atoms with Crippen molar-refractivity contribution in [1.29, 1.82) is 0 Å². The Kier molecular flexibility index (Phi) is 4.71. The molecule has 0 aliphatic rings. The quantitative estimate of drug-likeness (QED) is 0.702. The molecule has 3 aromatic heterocycles. The molecule has 2 N–H and O–H groups in total. The van der Waals surface area contributed by atoms with Gasteiger partial charge in [0.25, 0.3) is 5.56 Å². The molecule has 7 nitrogen and oxygen atoms in total. The van der Waals surface area contributed by atoms with Crippen molar-refractivity contribution in [3.63, 3.8) is 0 Å². The predicted octanol–water partition coefficient (Wildman–Crippen LogP) is 2.81. The second-order valence-corrected chi connectivity index (χ2v) is 6.59. The first-order chi connectivity index (χ1) is 12.0. The van der Waals surface area contributed by atoms with Crippen LogP contribution in [-0.4, -0.2) is 20.9 Å². The minimum atomic E-state index is -1.03. The Morgan fingerprint density at radius 3 is 2.96 bits per heavy atom. The standard InChI is InChI=1S/C17H17N3O4S/c1-10-5-6-20(16(21)15(10)11(2)17(22)23)18-9-12-8-13(24-19-12)14-4-3-7-25-14/h3-8,11,18H,9H2,1-2H3,(H,22,23). The van der Waals surface area contributed by atoms with Crippen LogP contribution in [0.2, 0.25) is 0 Å². The number of nitrogens with one attached hydrogen (secondary N) is 1. The van der Waals surface area contributed by atoms with Crippen molar-refractivity contribution in [3.05, 3.63) is 63.0 Å². The minimum absolute atomic E-state index is 0.266. The number of carbonyl (C=O) groups is 1. The summed E-state index contributed by atoms with van der Waals surface area (Å²) in [6, 6.07) is 7.38. The van der Waals surface area contributed by atoms with Crippen LogP contribution < -0.4 is 11.0 Å². The second-order valence-electron chi connectivity index (χ2n) is 5.64. The van der Waals surface area contributed by atoms with Crippen molar-refractivity contribution >= 4 is 17.3 Å². The maximum atomic E-state index is 12.5. The monoisotopic (exact) mass is 359 g/mol. The van der Waals surface area contributed by atoms with Gasteiger partial charge in [-0.05, 0) is 36.9 Å². The van der Waals surface area contributed by atoms with Crippen LogP contribution in [-0.2, 0) is 11.3 Å². The SMILES string of the molecule is Cc1ccn(NCc2cc(-c3cccs3)on2)c(=O)c1C(C)C(=O)O. The van der Waals surface area contributed by atoms with Crippen molar-refractivity contribution in [2.45, 2.75) is 26.3 Å². The van der Waals surface area contributed by atoms with Crippen molar-refractivity contribution in [1.82, 2.24) is 9.83 Å². The van der Waals surface area contributed by atoms with E-state index in [1.165, 1.54) is 11.6 Å². The zero-order chi connectivity index (χ0) is 18.0. The van der Waals surface area contributed by atoms with Crippen molar-refractivity contribution in [2.24, 2.45) is 0 Å². The van der Waals surface area contributed by atoms with Gasteiger partial charge >= 0.3 is 5.97 Å². The maximum absolute atomic E-state index is 12.5. The Morgan fingerprint density at radius 2 is 2.28 bits per heavy atom. The minimum Gasteiger partial charge on any atom is -0.481 e. The van der Waals surface area contributed by atoms with E-state index in [0.29, 0.717) is 17.0 Å². The van der Waals surface area contributed by atoms with E-state index in [1.807, 2.05) is 17.5 Å². The summed E-state index contributed by atoms with van der Waals surface area (Å²) in [5.41, 5.74) is 4.12. The van der Waals surface area contributed by atoms with Gasteiger partial charge in [-0.2, -0.15) is 0 Å². The third-order valence-electron chi connectivity index (χ3n) is 3.90. The van der Waals surface area contributed by atoms with Crippen LogP contribution in [0.4, 0.5) is 0 Å². The molecule has 0 aliphatic heterocycles. The fourth-order valence-corrected chi connectivity index (χ4v) is 3.19. The molecule has 0 amide bonds. The molecule has 0 saturated heterocycles. The van der Waals surface area contributed by atoms with E-state index in [9.17, 15) is 14.7 Å². The van der Waals surface area contributed by atoms with Gasteiger partial charge in [-0.1, -0.05) is 11.2 Å². The molecule has 0 bridgehead atoms. The summed E-state index contributed by atoms with van der Waals surface area (Å²) in [5.74, 6) is -1.24. The van der Waals surface area contributed by atoms with Gasteiger partial charge in [0.15, 0.2) is 5.76 Å². The molecule has 25 heavy (non-hydrogen) atoms.